The molecular formula is C21H22N2O2. The van der Waals surface area contributed by atoms with E-state index in [9.17, 15) is 4.79 Å². The van der Waals surface area contributed by atoms with Crippen LogP contribution in [-0.2, 0) is 11.2 Å². The molecule has 1 aliphatic rings. The Balaban J connectivity index is 1.72. The molecule has 128 valence electrons. The number of rotatable bonds is 5. The average Bonchev–Trinajstić information content (AvgIpc) is 2.95. The number of amides is 1. The van der Waals surface area contributed by atoms with Gasteiger partial charge in [0, 0.05) is 6.42 Å². The summed E-state index contributed by atoms with van der Waals surface area (Å²) >= 11 is 0. The lowest BCUT2D eigenvalue weighted by Crippen LogP contribution is -2.24. The molecule has 4 heteroatoms. The molecule has 2 aromatic carbocycles. The number of hydrogen-bond donors (Lipinski definition) is 1. The average molecular weight is 334 g/mol. The standard InChI is InChI=1S/C21H22N2O2/c1-14-7-9-17(15(2)11-14)13-19-21(24)23-20(22-19)10-8-16-5-4-6-18(12-16)25-3/h4-7,9,11-13H,8,10H2,1-3H3,(H,22,23,24)/b19-13-. The molecule has 0 radical (unpaired) electrons. The molecule has 25 heavy (non-hydrogen) atoms. The second kappa shape index (κ2) is 7.34. The van der Waals surface area contributed by atoms with Gasteiger partial charge in [0.25, 0.3) is 5.91 Å². The van der Waals surface area contributed by atoms with Crippen LogP contribution in [0.3, 0.4) is 0 Å². The van der Waals surface area contributed by atoms with Gasteiger partial charge in [0.1, 0.15) is 17.3 Å². The summed E-state index contributed by atoms with van der Waals surface area (Å²) in [5.74, 6) is 1.41. The van der Waals surface area contributed by atoms with Crippen molar-refractivity contribution in [3.8, 4) is 5.75 Å². The van der Waals surface area contributed by atoms with E-state index in [4.69, 9.17) is 4.74 Å². The molecule has 2 aromatic rings. The lowest BCUT2D eigenvalue weighted by Gasteiger charge is -2.04. The number of aryl methyl sites for hydroxylation is 3. The molecule has 0 fully saturated rings. The van der Waals surface area contributed by atoms with Gasteiger partial charge in [0.05, 0.1) is 7.11 Å². The van der Waals surface area contributed by atoms with Crippen molar-refractivity contribution in [1.29, 1.82) is 0 Å². The lowest BCUT2D eigenvalue weighted by molar-refractivity contribution is -0.115. The van der Waals surface area contributed by atoms with Crippen LogP contribution in [0.4, 0.5) is 0 Å². The number of nitrogens with zero attached hydrogens (tertiary/aromatic N) is 1. The Bertz CT molecular complexity index is 866. The van der Waals surface area contributed by atoms with E-state index in [0.29, 0.717) is 18.0 Å². The summed E-state index contributed by atoms with van der Waals surface area (Å²) in [6.45, 7) is 4.10. The van der Waals surface area contributed by atoms with Crippen molar-refractivity contribution in [1.82, 2.24) is 5.32 Å². The van der Waals surface area contributed by atoms with Crippen molar-refractivity contribution < 1.29 is 9.53 Å². The van der Waals surface area contributed by atoms with Crippen LogP contribution >= 0.6 is 0 Å². The first-order valence-corrected chi connectivity index (χ1v) is 8.36. The topological polar surface area (TPSA) is 50.7 Å². The maximum atomic E-state index is 12.2. The third kappa shape index (κ3) is 4.15. The molecule has 4 nitrogen and oxygen atoms in total. The summed E-state index contributed by atoms with van der Waals surface area (Å²) in [6, 6.07) is 14.1. The number of ether oxygens (including phenoxy) is 1. The second-order valence-electron chi connectivity index (χ2n) is 6.25. The van der Waals surface area contributed by atoms with Crippen LogP contribution in [0.25, 0.3) is 6.08 Å². The van der Waals surface area contributed by atoms with E-state index in [-0.39, 0.29) is 5.91 Å². The Morgan fingerprint density at radius 1 is 1.12 bits per heavy atom. The highest BCUT2D eigenvalue weighted by Crippen LogP contribution is 2.19. The summed E-state index contributed by atoms with van der Waals surface area (Å²) in [5.41, 5.74) is 4.99. The monoisotopic (exact) mass is 334 g/mol. The molecule has 0 spiro atoms. The fourth-order valence-electron chi connectivity index (χ4n) is 2.86. The summed E-state index contributed by atoms with van der Waals surface area (Å²) < 4.78 is 5.24. The van der Waals surface area contributed by atoms with E-state index in [0.717, 1.165) is 28.9 Å². The third-order valence-corrected chi connectivity index (χ3v) is 4.25. The quantitative estimate of drug-likeness (QED) is 0.845. The van der Waals surface area contributed by atoms with Crippen LogP contribution in [0.5, 0.6) is 5.75 Å². The Labute approximate surface area is 148 Å². The first-order valence-electron chi connectivity index (χ1n) is 8.36. The Hall–Kier alpha value is -2.88. The van der Waals surface area contributed by atoms with Gasteiger partial charge in [-0.05, 0) is 55.2 Å². The van der Waals surface area contributed by atoms with Crippen LogP contribution in [0.2, 0.25) is 0 Å². The number of hydrogen-bond acceptors (Lipinski definition) is 3. The molecule has 0 unspecified atom stereocenters. The summed E-state index contributed by atoms with van der Waals surface area (Å²) in [6.07, 6.45) is 3.33. The number of aliphatic imine (C=N–C) groups is 1. The molecule has 1 amide bonds. The van der Waals surface area contributed by atoms with Crippen molar-refractivity contribution in [3.63, 3.8) is 0 Å². The smallest absolute Gasteiger partial charge is 0.275 e. The number of benzene rings is 2. The Morgan fingerprint density at radius 3 is 2.72 bits per heavy atom. The minimum atomic E-state index is -0.138. The summed E-state index contributed by atoms with van der Waals surface area (Å²) in [7, 11) is 1.66. The minimum absolute atomic E-state index is 0.138. The fourth-order valence-corrected chi connectivity index (χ4v) is 2.86. The SMILES string of the molecule is COc1cccc(CCC2=N/C(=C\c3ccc(C)cc3C)C(=O)N2)c1. The first kappa shape index (κ1) is 17.0. The van der Waals surface area contributed by atoms with Gasteiger partial charge in [-0.2, -0.15) is 0 Å². The highest BCUT2D eigenvalue weighted by Gasteiger charge is 2.19. The number of nitrogens with one attached hydrogen (secondary N) is 1. The molecule has 0 saturated carbocycles. The molecule has 0 bridgehead atoms. The van der Waals surface area contributed by atoms with Crippen molar-refractivity contribution in [2.45, 2.75) is 26.7 Å². The van der Waals surface area contributed by atoms with E-state index >= 15 is 0 Å². The molecule has 1 N–H and O–H groups in total. The van der Waals surface area contributed by atoms with Gasteiger partial charge in [-0.15, -0.1) is 0 Å². The summed E-state index contributed by atoms with van der Waals surface area (Å²) in [5, 5.41) is 2.87. The zero-order valence-electron chi connectivity index (χ0n) is 14.8. The van der Waals surface area contributed by atoms with Gasteiger partial charge in [-0.3, -0.25) is 4.79 Å². The van der Waals surface area contributed by atoms with Gasteiger partial charge < -0.3 is 10.1 Å². The van der Waals surface area contributed by atoms with Gasteiger partial charge in [0.2, 0.25) is 0 Å². The number of carbonyl (C=O) groups excluding carboxylic acids is 1. The van der Waals surface area contributed by atoms with Gasteiger partial charge in [0.15, 0.2) is 0 Å². The predicted octanol–water partition coefficient (Wildman–Crippen LogP) is 3.81. The lowest BCUT2D eigenvalue weighted by atomic mass is 10.0. The van der Waals surface area contributed by atoms with Crippen LogP contribution in [0, 0.1) is 13.8 Å². The molecule has 3 rings (SSSR count). The molecule has 1 aliphatic heterocycles. The minimum Gasteiger partial charge on any atom is -0.497 e. The fraction of sp³-hybridized carbons (Fsp3) is 0.238. The summed E-state index contributed by atoms with van der Waals surface area (Å²) in [4.78, 5) is 16.6. The van der Waals surface area contributed by atoms with E-state index < -0.39 is 0 Å². The maximum Gasteiger partial charge on any atom is 0.275 e. The maximum absolute atomic E-state index is 12.2. The van der Waals surface area contributed by atoms with Crippen LogP contribution in [0.1, 0.15) is 28.7 Å². The number of carbonyl (C=O) groups is 1. The molecule has 0 aliphatic carbocycles. The molecule has 1 heterocycles. The zero-order valence-corrected chi connectivity index (χ0v) is 14.8. The zero-order chi connectivity index (χ0) is 17.8. The van der Waals surface area contributed by atoms with Crippen LogP contribution in [-0.4, -0.2) is 18.9 Å². The highest BCUT2D eigenvalue weighted by molar-refractivity contribution is 6.14. The van der Waals surface area contributed by atoms with Gasteiger partial charge >= 0.3 is 0 Å². The second-order valence-corrected chi connectivity index (χ2v) is 6.25. The Morgan fingerprint density at radius 2 is 1.96 bits per heavy atom. The van der Waals surface area contributed by atoms with E-state index in [1.807, 2.05) is 49.4 Å². The molecule has 0 saturated heterocycles. The van der Waals surface area contributed by atoms with Crippen molar-refractivity contribution in [2.75, 3.05) is 7.11 Å². The predicted molar refractivity (Wildman–Crippen MR) is 101 cm³/mol. The van der Waals surface area contributed by atoms with Crippen molar-refractivity contribution in [2.24, 2.45) is 4.99 Å². The molecule has 0 atom stereocenters. The van der Waals surface area contributed by atoms with E-state index in [2.05, 4.69) is 23.3 Å². The van der Waals surface area contributed by atoms with E-state index in [1.165, 1.54) is 5.56 Å². The molecular weight excluding hydrogens is 312 g/mol. The van der Waals surface area contributed by atoms with Gasteiger partial charge in [-0.1, -0.05) is 35.9 Å². The molecule has 0 aromatic heterocycles. The van der Waals surface area contributed by atoms with E-state index in [1.54, 1.807) is 7.11 Å². The Kier molecular flexibility index (Phi) is 4.98. The van der Waals surface area contributed by atoms with Crippen LogP contribution in [0.15, 0.2) is 53.2 Å². The van der Waals surface area contributed by atoms with Gasteiger partial charge in [-0.25, -0.2) is 4.99 Å². The number of amidine groups is 1. The van der Waals surface area contributed by atoms with Crippen LogP contribution < -0.4 is 10.1 Å². The van der Waals surface area contributed by atoms with Crippen molar-refractivity contribution in [3.05, 3.63) is 70.4 Å². The van der Waals surface area contributed by atoms with Crippen molar-refractivity contribution >= 4 is 17.8 Å². The number of methoxy groups -OCH3 is 1. The largest absolute Gasteiger partial charge is 0.497 e. The third-order valence-electron chi connectivity index (χ3n) is 4.25. The highest BCUT2D eigenvalue weighted by atomic mass is 16.5. The normalized spacial score (nSPS) is 15.2. The first-order chi connectivity index (χ1) is 12.0.